The summed E-state index contributed by atoms with van der Waals surface area (Å²) in [6.45, 7) is 3.51. The van der Waals surface area contributed by atoms with Crippen molar-refractivity contribution in [2.75, 3.05) is 0 Å². The van der Waals surface area contributed by atoms with Crippen molar-refractivity contribution in [2.24, 2.45) is 0 Å². The van der Waals surface area contributed by atoms with Gasteiger partial charge in [-0.15, -0.1) is 0 Å². The molecule has 0 aromatic heterocycles. The van der Waals surface area contributed by atoms with Crippen LogP contribution >= 0.6 is 15.9 Å². The zero-order chi connectivity index (χ0) is 16.3. The molecule has 0 saturated heterocycles. The van der Waals surface area contributed by atoms with Gasteiger partial charge in [0.25, 0.3) is 11.6 Å². The van der Waals surface area contributed by atoms with Crippen molar-refractivity contribution in [3.8, 4) is 0 Å². The number of amides is 1. The Balaban J connectivity index is 2.13. The molecule has 0 aliphatic carbocycles. The van der Waals surface area contributed by atoms with Gasteiger partial charge in [-0.1, -0.05) is 28.1 Å². The number of hydrogen-bond acceptors (Lipinski definition) is 3. The quantitative estimate of drug-likeness (QED) is 0.655. The number of aryl methyl sites for hydroxylation is 1. The molecule has 2 aromatic rings. The van der Waals surface area contributed by atoms with Gasteiger partial charge in [-0.05, 0) is 43.7 Å². The molecule has 114 valence electrons. The van der Waals surface area contributed by atoms with E-state index >= 15 is 0 Å². The van der Waals surface area contributed by atoms with Crippen LogP contribution in [0.3, 0.4) is 0 Å². The van der Waals surface area contributed by atoms with E-state index < -0.39 is 4.92 Å². The summed E-state index contributed by atoms with van der Waals surface area (Å²) in [5.41, 5.74) is 1.87. The van der Waals surface area contributed by atoms with Crippen molar-refractivity contribution in [3.05, 3.63) is 73.7 Å². The second kappa shape index (κ2) is 6.70. The first-order valence-corrected chi connectivity index (χ1v) is 7.49. The molecule has 1 amide bonds. The molecule has 0 unspecified atom stereocenters. The molecule has 0 aliphatic rings. The van der Waals surface area contributed by atoms with E-state index in [1.165, 1.54) is 18.2 Å². The third-order valence-corrected chi connectivity index (χ3v) is 3.90. The number of nitro benzene ring substituents is 1. The van der Waals surface area contributed by atoms with Crippen LogP contribution in [0.15, 0.2) is 46.9 Å². The molecule has 0 saturated carbocycles. The Labute approximate surface area is 136 Å². The molecule has 6 heteroatoms. The molecule has 1 atom stereocenters. The van der Waals surface area contributed by atoms with Gasteiger partial charge in [0, 0.05) is 21.7 Å². The monoisotopic (exact) mass is 362 g/mol. The number of nitro groups is 1. The van der Waals surface area contributed by atoms with E-state index in [1.807, 2.05) is 31.2 Å². The minimum atomic E-state index is -0.457. The third-order valence-electron chi connectivity index (χ3n) is 3.37. The van der Waals surface area contributed by atoms with E-state index in [4.69, 9.17) is 0 Å². The number of nitrogens with zero attached hydrogens (tertiary/aromatic N) is 1. The first-order chi connectivity index (χ1) is 10.4. The summed E-state index contributed by atoms with van der Waals surface area (Å²) in [6.07, 6.45) is 0. The number of carbonyl (C=O) groups is 1. The maximum absolute atomic E-state index is 12.2. The van der Waals surface area contributed by atoms with Gasteiger partial charge in [-0.25, -0.2) is 0 Å². The minimum absolute atomic E-state index is 0.0116. The van der Waals surface area contributed by atoms with Crippen molar-refractivity contribution in [2.45, 2.75) is 19.9 Å². The predicted octanol–water partition coefficient (Wildman–Crippen LogP) is 4.16. The van der Waals surface area contributed by atoms with E-state index in [1.54, 1.807) is 6.92 Å². The number of hydrogen-bond donors (Lipinski definition) is 1. The lowest BCUT2D eigenvalue weighted by Crippen LogP contribution is -2.26. The third kappa shape index (κ3) is 3.71. The lowest BCUT2D eigenvalue weighted by atomic mass is 10.1. The van der Waals surface area contributed by atoms with Crippen LogP contribution in [0.25, 0.3) is 0 Å². The fourth-order valence-corrected chi connectivity index (χ4v) is 2.38. The zero-order valence-corrected chi connectivity index (χ0v) is 13.8. The van der Waals surface area contributed by atoms with Crippen LogP contribution in [0.2, 0.25) is 0 Å². The van der Waals surface area contributed by atoms with E-state index in [-0.39, 0.29) is 17.6 Å². The number of carbonyl (C=O) groups excluding carboxylic acids is 1. The Morgan fingerprint density at radius 3 is 2.41 bits per heavy atom. The molecule has 0 radical (unpaired) electrons. The Morgan fingerprint density at radius 2 is 1.86 bits per heavy atom. The van der Waals surface area contributed by atoms with Crippen LogP contribution < -0.4 is 5.32 Å². The largest absolute Gasteiger partial charge is 0.346 e. The smallest absolute Gasteiger partial charge is 0.272 e. The van der Waals surface area contributed by atoms with Gasteiger partial charge in [-0.2, -0.15) is 0 Å². The summed E-state index contributed by atoms with van der Waals surface area (Å²) in [4.78, 5) is 22.6. The van der Waals surface area contributed by atoms with E-state index in [9.17, 15) is 14.9 Å². The highest BCUT2D eigenvalue weighted by molar-refractivity contribution is 9.10. The van der Waals surface area contributed by atoms with Gasteiger partial charge in [-0.3, -0.25) is 14.9 Å². The summed E-state index contributed by atoms with van der Waals surface area (Å²) in [6, 6.07) is 11.9. The average Bonchev–Trinajstić information content (AvgIpc) is 2.47. The molecule has 0 spiro atoms. The van der Waals surface area contributed by atoms with Crippen molar-refractivity contribution in [1.82, 2.24) is 5.32 Å². The molecule has 2 aromatic carbocycles. The van der Waals surface area contributed by atoms with Crippen molar-refractivity contribution < 1.29 is 9.72 Å². The van der Waals surface area contributed by atoms with Gasteiger partial charge in [0.05, 0.1) is 11.0 Å². The highest BCUT2D eigenvalue weighted by Gasteiger charge is 2.15. The maximum atomic E-state index is 12.2. The fraction of sp³-hybridized carbons (Fsp3) is 0.188. The fourth-order valence-electron chi connectivity index (χ4n) is 2.12. The standard InChI is InChI=1S/C16H15BrN2O3/c1-10-9-13(5-8-15(10)19(21)22)16(20)18-11(2)12-3-6-14(17)7-4-12/h3-9,11H,1-2H3,(H,18,20)/t11-/m1/s1. The summed E-state index contributed by atoms with van der Waals surface area (Å²) in [7, 11) is 0. The van der Waals surface area contributed by atoms with Gasteiger partial charge in [0.1, 0.15) is 0 Å². The van der Waals surface area contributed by atoms with Crippen molar-refractivity contribution in [3.63, 3.8) is 0 Å². The first kappa shape index (κ1) is 16.2. The van der Waals surface area contributed by atoms with E-state index in [0.29, 0.717) is 11.1 Å². The lowest BCUT2D eigenvalue weighted by Gasteiger charge is -2.14. The molecule has 2 rings (SSSR count). The number of rotatable bonds is 4. The van der Waals surface area contributed by atoms with Gasteiger partial charge in [0.15, 0.2) is 0 Å². The molecular formula is C16H15BrN2O3. The van der Waals surface area contributed by atoms with Crippen LogP contribution in [0.1, 0.15) is 34.5 Å². The predicted molar refractivity (Wildman–Crippen MR) is 87.9 cm³/mol. The Morgan fingerprint density at radius 1 is 1.23 bits per heavy atom. The first-order valence-electron chi connectivity index (χ1n) is 6.70. The molecule has 1 N–H and O–H groups in total. The van der Waals surface area contributed by atoms with Crippen molar-refractivity contribution >= 4 is 27.5 Å². The maximum Gasteiger partial charge on any atom is 0.272 e. The molecule has 22 heavy (non-hydrogen) atoms. The van der Waals surface area contributed by atoms with Crippen LogP contribution in [-0.4, -0.2) is 10.8 Å². The van der Waals surface area contributed by atoms with Gasteiger partial charge >= 0.3 is 0 Å². The second-order valence-electron chi connectivity index (χ2n) is 5.01. The van der Waals surface area contributed by atoms with E-state index in [2.05, 4.69) is 21.2 Å². The van der Waals surface area contributed by atoms with Crippen LogP contribution in [-0.2, 0) is 0 Å². The van der Waals surface area contributed by atoms with Gasteiger partial charge in [0.2, 0.25) is 0 Å². The number of halogens is 1. The minimum Gasteiger partial charge on any atom is -0.346 e. The second-order valence-corrected chi connectivity index (χ2v) is 5.92. The van der Waals surface area contributed by atoms with Crippen LogP contribution in [0.4, 0.5) is 5.69 Å². The molecular weight excluding hydrogens is 348 g/mol. The van der Waals surface area contributed by atoms with Crippen LogP contribution in [0.5, 0.6) is 0 Å². The summed E-state index contributed by atoms with van der Waals surface area (Å²) < 4.78 is 0.973. The molecule has 0 heterocycles. The summed E-state index contributed by atoms with van der Waals surface area (Å²) in [5, 5.41) is 13.7. The lowest BCUT2D eigenvalue weighted by molar-refractivity contribution is -0.385. The Bertz CT molecular complexity index is 714. The topological polar surface area (TPSA) is 72.2 Å². The zero-order valence-electron chi connectivity index (χ0n) is 12.2. The molecule has 0 fully saturated rings. The molecule has 0 bridgehead atoms. The highest BCUT2D eigenvalue weighted by atomic mass is 79.9. The average molecular weight is 363 g/mol. The van der Waals surface area contributed by atoms with E-state index in [0.717, 1.165) is 10.0 Å². The van der Waals surface area contributed by atoms with Crippen LogP contribution in [0, 0.1) is 17.0 Å². The number of benzene rings is 2. The normalized spacial score (nSPS) is 11.8. The molecule has 5 nitrogen and oxygen atoms in total. The Kier molecular flexibility index (Phi) is 4.92. The van der Waals surface area contributed by atoms with Gasteiger partial charge < -0.3 is 5.32 Å². The highest BCUT2D eigenvalue weighted by Crippen LogP contribution is 2.20. The molecule has 0 aliphatic heterocycles. The SMILES string of the molecule is Cc1cc(C(=O)N[C@H](C)c2ccc(Br)cc2)ccc1[N+](=O)[O-]. The Hall–Kier alpha value is -2.21. The summed E-state index contributed by atoms with van der Waals surface area (Å²) in [5.74, 6) is -0.256. The van der Waals surface area contributed by atoms with Crippen molar-refractivity contribution in [1.29, 1.82) is 0 Å². The number of nitrogens with one attached hydrogen (secondary N) is 1. The summed E-state index contributed by atoms with van der Waals surface area (Å²) >= 11 is 3.37.